The van der Waals surface area contributed by atoms with E-state index in [1.54, 1.807) is 13.0 Å². The molecule has 2 N–H and O–H groups in total. The third kappa shape index (κ3) is 3.39. The number of aryl methyl sites for hydroxylation is 1. The molecule has 0 saturated carbocycles. The van der Waals surface area contributed by atoms with Crippen LogP contribution in [0.3, 0.4) is 0 Å². The van der Waals surface area contributed by atoms with Crippen molar-refractivity contribution in [1.82, 2.24) is 4.98 Å². The van der Waals surface area contributed by atoms with E-state index in [0.717, 1.165) is 0 Å². The number of nitro groups is 1. The highest BCUT2D eigenvalue weighted by atomic mass is 16.6. The van der Waals surface area contributed by atoms with Crippen molar-refractivity contribution in [3.8, 4) is 5.88 Å². The first-order valence-electron chi connectivity index (χ1n) is 5.39. The van der Waals surface area contributed by atoms with Crippen LogP contribution >= 0.6 is 0 Å². The molecule has 0 aliphatic heterocycles. The summed E-state index contributed by atoms with van der Waals surface area (Å²) >= 11 is 0. The van der Waals surface area contributed by atoms with Gasteiger partial charge in [-0.1, -0.05) is 6.92 Å². The fourth-order valence-corrected chi connectivity index (χ4v) is 1.19. The van der Waals surface area contributed by atoms with Crippen LogP contribution in [0.15, 0.2) is 12.3 Å². The lowest BCUT2D eigenvalue weighted by molar-refractivity contribution is -0.386. The van der Waals surface area contributed by atoms with Crippen LogP contribution in [0.2, 0.25) is 0 Å². The van der Waals surface area contributed by atoms with Crippen molar-refractivity contribution < 1.29 is 9.66 Å². The molecular formula is C11H17N3O3. The van der Waals surface area contributed by atoms with Gasteiger partial charge in [0.2, 0.25) is 0 Å². The van der Waals surface area contributed by atoms with Gasteiger partial charge in [0.15, 0.2) is 0 Å². The van der Waals surface area contributed by atoms with Gasteiger partial charge in [-0.15, -0.1) is 0 Å². The molecule has 1 atom stereocenters. The molecule has 0 bridgehead atoms. The Morgan fingerprint density at radius 2 is 2.29 bits per heavy atom. The van der Waals surface area contributed by atoms with Gasteiger partial charge in [-0.25, -0.2) is 4.98 Å². The summed E-state index contributed by atoms with van der Waals surface area (Å²) in [7, 11) is 0. The minimum Gasteiger partial charge on any atom is -0.471 e. The predicted molar refractivity (Wildman–Crippen MR) is 64.0 cm³/mol. The van der Waals surface area contributed by atoms with Crippen LogP contribution < -0.4 is 10.5 Å². The molecule has 1 heterocycles. The third-order valence-corrected chi connectivity index (χ3v) is 2.62. The normalized spacial score (nSPS) is 14.1. The van der Waals surface area contributed by atoms with E-state index in [0.29, 0.717) is 12.0 Å². The Kier molecular flexibility index (Phi) is 4.01. The Hall–Kier alpha value is -1.69. The Morgan fingerprint density at radius 1 is 1.65 bits per heavy atom. The largest absolute Gasteiger partial charge is 0.471 e. The summed E-state index contributed by atoms with van der Waals surface area (Å²) in [6.07, 6.45) is 2.20. The SMILES string of the molecule is CCC(C)(N)COc1nccc(C)c1[N+](=O)[O-]. The van der Waals surface area contributed by atoms with Crippen molar-refractivity contribution in [3.63, 3.8) is 0 Å². The summed E-state index contributed by atoms with van der Waals surface area (Å²) < 4.78 is 5.36. The molecule has 0 aromatic carbocycles. The highest BCUT2D eigenvalue weighted by molar-refractivity contribution is 5.47. The number of hydrogen-bond donors (Lipinski definition) is 1. The Morgan fingerprint density at radius 3 is 2.82 bits per heavy atom. The molecule has 17 heavy (non-hydrogen) atoms. The van der Waals surface area contributed by atoms with Gasteiger partial charge < -0.3 is 10.5 Å². The Labute approximate surface area is 99.9 Å². The second kappa shape index (κ2) is 5.09. The van der Waals surface area contributed by atoms with Gasteiger partial charge in [0.05, 0.1) is 4.92 Å². The van der Waals surface area contributed by atoms with Crippen LogP contribution in [0.25, 0.3) is 0 Å². The zero-order valence-corrected chi connectivity index (χ0v) is 10.3. The molecule has 0 aliphatic carbocycles. The van der Waals surface area contributed by atoms with Gasteiger partial charge in [0.25, 0.3) is 5.88 Å². The van der Waals surface area contributed by atoms with Crippen LogP contribution in [-0.4, -0.2) is 22.1 Å². The first kappa shape index (κ1) is 13.4. The van der Waals surface area contributed by atoms with E-state index in [4.69, 9.17) is 10.5 Å². The smallest absolute Gasteiger partial charge is 0.333 e. The first-order chi connectivity index (χ1) is 7.87. The van der Waals surface area contributed by atoms with Crippen LogP contribution in [-0.2, 0) is 0 Å². The van der Waals surface area contributed by atoms with Gasteiger partial charge in [0, 0.05) is 17.3 Å². The standard InChI is InChI=1S/C11H17N3O3/c1-4-11(3,12)7-17-10-9(14(15)16)8(2)5-6-13-10/h5-6H,4,7,12H2,1-3H3. The van der Waals surface area contributed by atoms with E-state index >= 15 is 0 Å². The van der Waals surface area contributed by atoms with Crippen LogP contribution in [0.1, 0.15) is 25.8 Å². The van der Waals surface area contributed by atoms with Crippen molar-refractivity contribution in [3.05, 3.63) is 27.9 Å². The monoisotopic (exact) mass is 239 g/mol. The number of nitrogens with zero attached hydrogens (tertiary/aromatic N) is 2. The Balaban J connectivity index is 2.92. The van der Waals surface area contributed by atoms with Crippen molar-refractivity contribution in [1.29, 1.82) is 0 Å². The molecule has 0 amide bonds. The van der Waals surface area contributed by atoms with Gasteiger partial charge in [-0.05, 0) is 26.3 Å². The molecule has 0 radical (unpaired) electrons. The number of hydrogen-bond acceptors (Lipinski definition) is 5. The number of rotatable bonds is 5. The summed E-state index contributed by atoms with van der Waals surface area (Å²) in [4.78, 5) is 14.3. The molecule has 0 spiro atoms. The van der Waals surface area contributed by atoms with Crippen molar-refractivity contribution in [2.24, 2.45) is 5.73 Å². The fraction of sp³-hybridized carbons (Fsp3) is 0.545. The summed E-state index contributed by atoms with van der Waals surface area (Å²) in [5, 5.41) is 10.9. The number of pyridine rings is 1. The number of ether oxygens (including phenoxy) is 1. The second-order valence-corrected chi connectivity index (χ2v) is 4.33. The lowest BCUT2D eigenvalue weighted by Crippen LogP contribution is -2.41. The van der Waals surface area contributed by atoms with Gasteiger partial charge in [-0.3, -0.25) is 10.1 Å². The average molecular weight is 239 g/mol. The van der Waals surface area contributed by atoms with E-state index in [9.17, 15) is 10.1 Å². The third-order valence-electron chi connectivity index (χ3n) is 2.62. The van der Waals surface area contributed by atoms with Crippen molar-refractivity contribution in [2.45, 2.75) is 32.7 Å². The fourth-order valence-electron chi connectivity index (χ4n) is 1.19. The minimum absolute atomic E-state index is 0.0279. The first-order valence-corrected chi connectivity index (χ1v) is 5.39. The maximum atomic E-state index is 10.9. The zero-order valence-electron chi connectivity index (χ0n) is 10.3. The molecule has 0 aliphatic rings. The molecule has 0 fully saturated rings. The molecule has 1 unspecified atom stereocenters. The molecule has 6 nitrogen and oxygen atoms in total. The van der Waals surface area contributed by atoms with E-state index in [1.165, 1.54) is 6.20 Å². The van der Waals surface area contributed by atoms with Gasteiger partial charge >= 0.3 is 5.69 Å². The predicted octanol–water partition coefficient (Wildman–Crippen LogP) is 1.80. The van der Waals surface area contributed by atoms with Crippen LogP contribution in [0, 0.1) is 17.0 Å². The zero-order chi connectivity index (χ0) is 13.1. The molecule has 1 aromatic rings. The lowest BCUT2D eigenvalue weighted by atomic mass is 10.0. The number of nitrogens with two attached hydrogens (primary N) is 1. The van der Waals surface area contributed by atoms with E-state index in [1.807, 2.05) is 13.8 Å². The highest BCUT2D eigenvalue weighted by Gasteiger charge is 2.23. The van der Waals surface area contributed by atoms with Crippen molar-refractivity contribution >= 4 is 5.69 Å². The number of aromatic nitrogens is 1. The summed E-state index contributed by atoms with van der Waals surface area (Å²) in [6.45, 7) is 5.60. The summed E-state index contributed by atoms with van der Waals surface area (Å²) in [6, 6.07) is 1.58. The summed E-state index contributed by atoms with van der Waals surface area (Å²) in [5.41, 5.74) is 5.82. The van der Waals surface area contributed by atoms with E-state index in [-0.39, 0.29) is 18.2 Å². The molecular weight excluding hydrogens is 222 g/mol. The van der Waals surface area contributed by atoms with E-state index < -0.39 is 10.5 Å². The van der Waals surface area contributed by atoms with Gasteiger partial charge in [-0.2, -0.15) is 0 Å². The van der Waals surface area contributed by atoms with Crippen LogP contribution in [0.4, 0.5) is 5.69 Å². The topological polar surface area (TPSA) is 91.3 Å². The highest BCUT2D eigenvalue weighted by Crippen LogP contribution is 2.28. The van der Waals surface area contributed by atoms with E-state index in [2.05, 4.69) is 4.98 Å². The summed E-state index contributed by atoms with van der Waals surface area (Å²) in [5.74, 6) is 0.0279. The average Bonchev–Trinajstić information content (AvgIpc) is 2.26. The van der Waals surface area contributed by atoms with Crippen molar-refractivity contribution in [2.75, 3.05) is 6.61 Å². The maximum absolute atomic E-state index is 10.9. The lowest BCUT2D eigenvalue weighted by Gasteiger charge is -2.22. The molecule has 94 valence electrons. The molecule has 1 aromatic heterocycles. The molecule has 6 heteroatoms. The van der Waals surface area contributed by atoms with Crippen LogP contribution in [0.5, 0.6) is 5.88 Å². The Bertz CT molecular complexity index is 418. The second-order valence-electron chi connectivity index (χ2n) is 4.33. The molecule has 0 saturated heterocycles. The minimum atomic E-state index is -0.515. The van der Waals surface area contributed by atoms with Gasteiger partial charge in [0.1, 0.15) is 6.61 Å². The molecule has 1 rings (SSSR count). The maximum Gasteiger partial charge on any atom is 0.333 e. The quantitative estimate of drug-likeness (QED) is 0.625.